The Morgan fingerprint density at radius 1 is 1.29 bits per heavy atom. The van der Waals surface area contributed by atoms with E-state index in [2.05, 4.69) is 24.8 Å². The topological polar surface area (TPSA) is 21.7 Å². The maximum absolute atomic E-state index is 5.65. The maximum Gasteiger partial charge on any atom is 0.0685 e. The van der Waals surface area contributed by atoms with E-state index in [4.69, 9.17) is 9.47 Å². The first-order valence-corrected chi connectivity index (χ1v) is 5.33. The molecule has 0 radical (unpaired) electrons. The third-order valence-electron chi connectivity index (χ3n) is 2.82. The zero-order valence-electron chi connectivity index (χ0n) is 9.08. The molecule has 1 fully saturated rings. The van der Waals surface area contributed by atoms with E-state index < -0.39 is 0 Å². The lowest BCUT2D eigenvalue weighted by Crippen LogP contribution is -2.40. The van der Waals surface area contributed by atoms with E-state index >= 15 is 0 Å². The van der Waals surface area contributed by atoms with Gasteiger partial charge in [0.1, 0.15) is 0 Å². The van der Waals surface area contributed by atoms with Crippen LogP contribution in [-0.4, -0.2) is 43.4 Å². The highest BCUT2D eigenvalue weighted by atomic mass is 16.5. The van der Waals surface area contributed by atoms with Gasteiger partial charge in [-0.2, -0.15) is 0 Å². The first-order valence-electron chi connectivity index (χ1n) is 5.33. The molecule has 0 aliphatic carbocycles. The van der Waals surface area contributed by atoms with Crippen LogP contribution in [0.5, 0.6) is 0 Å². The number of rotatable bonds is 1. The lowest BCUT2D eigenvalue weighted by molar-refractivity contribution is -0.0244. The Balaban J connectivity index is 1.99. The van der Waals surface area contributed by atoms with Crippen molar-refractivity contribution in [2.75, 3.05) is 32.9 Å². The van der Waals surface area contributed by atoms with E-state index in [-0.39, 0.29) is 5.60 Å². The Hall–Kier alpha value is -0.540. The van der Waals surface area contributed by atoms with Gasteiger partial charge in [0.15, 0.2) is 0 Å². The summed E-state index contributed by atoms with van der Waals surface area (Å²) in [5.41, 5.74) is 1.44. The highest BCUT2D eigenvalue weighted by Gasteiger charge is 2.26. The van der Waals surface area contributed by atoms with Gasteiger partial charge in [0.2, 0.25) is 0 Å². The molecule has 3 heteroatoms. The van der Waals surface area contributed by atoms with E-state index in [0.29, 0.717) is 0 Å². The molecule has 0 bridgehead atoms. The predicted octanol–water partition coefficient (Wildman–Crippen LogP) is 1.40. The fourth-order valence-corrected chi connectivity index (χ4v) is 2.01. The second-order valence-corrected chi connectivity index (χ2v) is 4.54. The molecule has 2 aliphatic heterocycles. The van der Waals surface area contributed by atoms with E-state index in [1.807, 2.05) is 0 Å². The summed E-state index contributed by atoms with van der Waals surface area (Å²) in [6.45, 7) is 8.83. The third kappa shape index (κ3) is 2.28. The van der Waals surface area contributed by atoms with Gasteiger partial charge in [-0.1, -0.05) is 0 Å². The molecule has 14 heavy (non-hydrogen) atoms. The standard InChI is InChI=1S/C11H19NO2/c1-11(2)9-10(3-6-14-11)12-4-7-13-8-5-12/h3H,4-9H2,1-2H3. The van der Waals surface area contributed by atoms with Gasteiger partial charge >= 0.3 is 0 Å². The number of morpholine rings is 1. The van der Waals surface area contributed by atoms with Crippen molar-refractivity contribution in [1.82, 2.24) is 4.90 Å². The Bertz CT molecular complexity index is 229. The minimum Gasteiger partial charge on any atom is -0.378 e. The summed E-state index contributed by atoms with van der Waals surface area (Å²) in [5, 5.41) is 0. The molecule has 0 N–H and O–H groups in total. The normalized spacial score (nSPS) is 27.3. The third-order valence-corrected chi connectivity index (χ3v) is 2.82. The van der Waals surface area contributed by atoms with Crippen LogP contribution in [0, 0.1) is 0 Å². The monoisotopic (exact) mass is 197 g/mol. The minimum atomic E-state index is 0.00237. The largest absolute Gasteiger partial charge is 0.378 e. The Kier molecular flexibility index (Phi) is 2.79. The van der Waals surface area contributed by atoms with E-state index in [1.54, 1.807) is 0 Å². The van der Waals surface area contributed by atoms with Crippen LogP contribution in [0.25, 0.3) is 0 Å². The lowest BCUT2D eigenvalue weighted by atomic mass is 9.99. The zero-order chi connectivity index (χ0) is 10.0. The summed E-state index contributed by atoms with van der Waals surface area (Å²) in [6, 6.07) is 0. The Labute approximate surface area is 85.7 Å². The summed E-state index contributed by atoms with van der Waals surface area (Å²) < 4.78 is 11.0. The molecule has 2 rings (SSSR count). The van der Waals surface area contributed by atoms with Gasteiger partial charge in [0, 0.05) is 25.2 Å². The minimum absolute atomic E-state index is 0.00237. The smallest absolute Gasteiger partial charge is 0.0685 e. The molecule has 0 atom stereocenters. The van der Waals surface area contributed by atoms with Crippen molar-refractivity contribution < 1.29 is 9.47 Å². The molecule has 0 aromatic carbocycles. The van der Waals surface area contributed by atoms with Crippen LogP contribution in [0.1, 0.15) is 20.3 Å². The second-order valence-electron chi connectivity index (χ2n) is 4.54. The molecular formula is C11H19NO2. The van der Waals surface area contributed by atoms with Crippen molar-refractivity contribution in [2.24, 2.45) is 0 Å². The molecule has 0 aromatic rings. The number of nitrogens with zero attached hydrogens (tertiary/aromatic N) is 1. The Morgan fingerprint density at radius 3 is 2.64 bits per heavy atom. The molecular weight excluding hydrogens is 178 g/mol. The number of ether oxygens (including phenoxy) is 2. The molecule has 0 saturated carbocycles. The van der Waals surface area contributed by atoms with Crippen LogP contribution in [0.3, 0.4) is 0 Å². The van der Waals surface area contributed by atoms with Crippen LogP contribution in [0.15, 0.2) is 11.8 Å². The average molecular weight is 197 g/mol. The van der Waals surface area contributed by atoms with Gasteiger partial charge in [-0.3, -0.25) is 0 Å². The van der Waals surface area contributed by atoms with Crippen molar-refractivity contribution in [3.05, 3.63) is 11.8 Å². The molecule has 0 unspecified atom stereocenters. The van der Waals surface area contributed by atoms with Crippen molar-refractivity contribution in [3.63, 3.8) is 0 Å². The molecule has 2 heterocycles. The van der Waals surface area contributed by atoms with Crippen LogP contribution in [0.2, 0.25) is 0 Å². The van der Waals surface area contributed by atoms with Crippen LogP contribution < -0.4 is 0 Å². The van der Waals surface area contributed by atoms with Crippen LogP contribution in [0.4, 0.5) is 0 Å². The maximum atomic E-state index is 5.65. The summed E-state index contributed by atoms with van der Waals surface area (Å²) in [6.07, 6.45) is 3.23. The average Bonchev–Trinajstić information content (AvgIpc) is 2.18. The number of hydrogen-bond donors (Lipinski definition) is 0. The van der Waals surface area contributed by atoms with Gasteiger partial charge in [0.25, 0.3) is 0 Å². The van der Waals surface area contributed by atoms with Crippen molar-refractivity contribution in [2.45, 2.75) is 25.9 Å². The van der Waals surface area contributed by atoms with E-state index in [9.17, 15) is 0 Å². The highest BCUT2D eigenvalue weighted by Crippen LogP contribution is 2.27. The van der Waals surface area contributed by atoms with Gasteiger partial charge in [-0.25, -0.2) is 0 Å². The summed E-state index contributed by atoms with van der Waals surface area (Å²) in [5.74, 6) is 0. The molecule has 0 aromatic heterocycles. The van der Waals surface area contributed by atoms with E-state index in [1.165, 1.54) is 5.70 Å². The van der Waals surface area contributed by atoms with Gasteiger partial charge in [0.05, 0.1) is 25.4 Å². The van der Waals surface area contributed by atoms with Gasteiger partial charge in [-0.15, -0.1) is 0 Å². The fraction of sp³-hybridized carbons (Fsp3) is 0.818. The molecule has 3 nitrogen and oxygen atoms in total. The first-order chi connectivity index (χ1) is 6.67. The van der Waals surface area contributed by atoms with E-state index in [0.717, 1.165) is 39.3 Å². The van der Waals surface area contributed by atoms with Crippen LogP contribution in [-0.2, 0) is 9.47 Å². The molecule has 2 aliphatic rings. The lowest BCUT2D eigenvalue weighted by Gasteiger charge is -2.38. The summed E-state index contributed by atoms with van der Waals surface area (Å²) >= 11 is 0. The summed E-state index contributed by atoms with van der Waals surface area (Å²) in [7, 11) is 0. The van der Waals surface area contributed by atoms with Gasteiger partial charge < -0.3 is 14.4 Å². The fourth-order valence-electron chi connectivity index (χ4n) is 2.01. The van der Waals surface area contributed by atoms with Gasteiger partial charge in [-0.05, 0) is 19.9 Å². The predicted molar refractivity (Wildman–Crippen MR) is 55.1 cm³/mol. The Morgan fingerprint density at radius 2 is 2.00 bits per heavy atom. The SMILES string of the molecule is CC1(C)CC(N2CCOCC2)=CCO1. The van der Waals surface area contributed by atoms with Crippen LogP contribution >= 0.6 is 0 Å². The molecule has 1 saturated heterocycles. The molecule has 80 valence electrons. The first kappa shape index (κ1) is 9.99. The van der Waals surface area contributed by atoms with Crippen molar-refractivity contribution in [1.29, 1.82) is 0 Å². The molecule has 0 amide bonds. The van der Waals surface area contributed by atoms with Crippen molar-refractivity contribution in [3.8, 4) is 0 Å². The van der Waals surface area contributed by atoms with Crippen molar-refractivity contribution >= 4 is 0 Å². The zero-order valence-corrected chi connectivity index (χ0v) is 9.08. The highest BCUT2D eigenvalue weighted by molar-refractivity contribution is 5.09. The summed E-state index contributed by atoms with van der Waals surface area (Å²) in [4.78, 5) is 2.42. The molecule has 0 spiro atoms. The number of hydrogen-bond acceptors (Lipinski definition) is 3. The quantitative estimate of drug-likeness (QED) is 0.634. The second kappa shape index (κ2) is 3.91.